The largest absolute Gasteiger partial charge is 0.339 e. The van der Waals surface area contributed by atoms with Gasteiger partial charge in [0.1, 0.15) is 0 Å². The molecule has 4 heteroatoms. The van der Waals surface area contributed by atoms with Gasteiger partial charge in [-0.1, -0.05) is 72.8 Å². The Kier molecular flexibility index (Phi) is 7.55. The summed E-state index contributed by atoms with van der Waals surface area (Å²) in [7, 11) is 0. The van der Waals surface area contributed by atoms with Crippen LogP contribution in [0, 0.1) is 0 Å². The van der Waals surface area contributed by atoms with Gasteiger partial charge in [0.15, 0.2) is 0 Å². The molecule has 0 unspecified atom stereocenters. The van der Waals surface area contributed by atoms with Crippen molar-refractivity contribution in [1.82, 2.24) is 9.80 Å². The van der Waals surface area contributed by atoms with Crippen LogP contribution in [0.1, 0.15) is 18.1 Å². The molecule has 3 rings (SSSR count). The summed E-state index contributed by atoms with van der Waals surface area (Å²) >= 11 is 1.73. The molecule has 0 spiro atoms. The molecule has 1 fully saturated rings. The summed E-state index contributed by atoms with van der Waals surface area (Å²) in [5, 5.41) is 0.00901. The molecule has 1 amide bonds. The molecular formula is C23H28N2OS. The minimum Gasteiger partial charge on any atom is -0.339 e. The Hall–Kier alpha value is -2.04. The fourth-order valence-corrected chi connectivity index (χ4v) is 4.10. The first kappa shape index (κ1) is 19.7. The molecule has 1 saturated heterocycles. The van der Waals surface area contributed by atoms with Gasteiger partial charge in [-0.05, 0) is 18.1 Å². The average Bonchev–Trinajstić information content (AvgIpc) is 2.73. The summed E-state index contributed by atoms with van der Waals surface area (Å²) in [6.07, 6.45) is 4.38. The Balaban J connectivity index is 1.39. The smallest absolute Gasteiger partial charge is 0.235 e. The second kappa shape index (κ2) is 10.3. The lowest BCUT2D eigenvalue weighted by Crippen LogP contribution is -2.50. The monoisotopic (exact) mass is 380 g/mol. The van der Waals surface area contributed by atoms with E-state index in [4.69, 9.17) is 0 Å². The van der Waals surface area contributed by atoms with Crippen molar-refractivity contribution in [3.05, 3.63) is 77.9 Å². The summed E-state index contributed by atoms with van der Waals surface area (Å²) < 4.78 is 0. The number of benzene rings is 2. The molecule has 0 radical (unpaired) electrons. The SMILES string of the molecule is C[C@@H](SCc1ccccc1)C(=O)N1CCN(C/C=C/c2ccccc2)CC1. The van der Waals surface area contributed by atoms with Crippen molar-refractivity contribution in [2.75, 3.05) is 32.7 Å². The van der Waals surface area contributed by atoms with E-state index in [1.807, 2.05) is 36.1 Å². The quantitative estimate of drug-likeness (QED) is 0.720. The van der Waals surface area contributed by atoms with Crippen LogP contribution in [0.2, 0.25) is 0 Å². The van der Waals surface area contributed by atoms with Gasteiger partial charge in [-0.15, -0.1) is 11.8 Å². The summed E-state index contributed by atoms with van der Waals surface area (Å²) in [5.41, 5.74) is 2.51. The molecule has 142 valence electrons. The zero-order chi connectivity index (χ0) is 18.9. The number of thioether (sulfide) groups is 1. The normalized spacial score (nSPS) is 16.6. The molecule has 0 aliphatic carbocycles. The maximum Gasteiger partial charge on any atom is 0.235 e. The summed E-state index contributed by atoms with van der Waals surface area (Å²) in [5.74, 6) is 1.16. The fraction of sp³-hybridized carbons (Fsp3) is 0.348. The highest BCUT2D eigenvalue weighted by molar-refractivity contribution is 7.99. The number of piperazine rings is 1. The van der Waals surface area contributed by atoms with Crippen molar-refractivity contribution >= 4 is 23.7 Å². The van der Waals surface area contributed by atoms with Gasteiger partial charge in [-0.3, -0.25) is 9.69 Å². The predicted octanol–water partition coefficient (Wildman–Crippen LogP) is 4.17. The first-order chi connectivity index (χ1) is 13.2. The lowest BCUT2D eigenvalue weighted by atomic mass is 10.2. The van der Waals surface area contributed by atoms with Crippen molar-refractivity contribution in [1.29, 1.82) is 0 Å². The molecule has 1 heterocycles. The Morgan fingerprint density at radius 3 is 2.30 bits per heavy atom. The number of carbonyl (C=O) groups is 1. The van der Waals surface area contributed by atoms with Crippen LogP contribution in [-0.2, 0) is 10.5 Å². The van der Waals surface area contributed by atoms with E-state index in [2.05, 4.69) is 53.5 Å². The van der Waals surface area contributed by atoms with Gasteiger partial charge in [-0.25, -0.2) is 0 Å². The van der Waals surface area contributed by atoms with E-state index < -0.39 is 0 Å². The molecule has 27 heavy (non-hydrogen) atoms. The molecule has 2 aromatic rings. The molecule has 0 bridgehead atoms. The summed E-state index contributed by atoms with van der Waals surface area (Å²) in [6, 6.07) is 20.7. The van der Waals surface area contributed by atoms with E-state index in [0.717, 1.165) is 38.5 Å². The molecule has 1 atom stereocenters. The van der Waals surface area contributed by atoms with Gasteiger partial charge in [0, 0.05) is 38.5 Å². The first-order valence-electron chi connectivity index (χ1n) is 9.60. The van der Waals surface area contributed by atoms with Gasteiger partial charge >= 0.3 is 0 Å². The van der Waals surface area contributed by atoms with Crippen molar-refractivity contribution in [3.63, 3.8) is 0 Å². The maximum atomic E-state index is 12.7. The Labute approximate surface area is 167 Å². The Morgan fingerprint density at radius 2 is 1.63 bits per heavy atom. The van der Waals surface area contributed by atoms with E-state index in [1.54, 1.807) is 11.8 Å². The zero-order valence-electron chi connectivity index (χ0n) is 16.0. The number of hydrogen-bond acceptors (Lipinski definition) is 3. The molecule has 1 aliphatic heterocycles. The van der Waals surface area contributed by atoms with Crippen molar-refractivity contribution in [3.8, 4) is 0 Å². The second-order valence-electron chi connectivity index (χ2n) is 6.88. The van der Waals surface area contributed by atoms with E-state index in [9.17, 15) is 4.79 Å². The topological polar surface area (TPSA) is 23.6 Å². The highest BCUT2D eigenvalue weighted by Gasteiger charge is 2.24. The van der Waals surface area contributed by atoms with Gasteiger partial charge in [0.25, 0.3) is 0 Å². The van der Waals surface area contributed by atoms with Crippen molar-refractivity contribution in [2.24, 2.45) is 0 Å². The first-order valence-corrected chi connectivity index (χ1v) is 10.7. The number of hydrogen-bond donors (Lipinski definition) is 0. The third-order valence-corrected chi connectivity index (χ3v) is 6.05. The van der Waals surface area contributed by atoms with Crippen molar-refractivity contribution < 1.29 is 4.79 Å². The third kappa shape index (κ3) is 6.26. The number of rotatable bonds is 7. The number of amides is 1. The lowest BCUT2D eigenvalue weighted by molar-refractivity contribution is -0.131. The molecular weight excluding hydrogens is 352 g/mol. The molecule has 0 N–H and O–H groups in total. The minimum absolute atomic E-state index is 0.00901. The lowest BCUT2D eigenvalue weighted by Gasteiger charge is -2.35. The maximum absolute atomic E-state index is 12.7. The van der Waals surface area contributed by atoms with Crippen LogP contribution in [-0.4, -0.2) is 53.7 Å². The number of carbonyl (C=O) groups excluding carboxylic acids is 1. The van der Waals surface area contributed by atoms with Crippen molar-refractivity contribution in [2.45, 2.75) is 17.9 Å². The van der Waals surface area contributed by atoms with Gasteiger partial charge in [0.2, 0.25) is 5.91 Å². The molecule has 0 aromatic heterocycles. The van der Waals surface area contributed by atoms with Gasteiger partial charge in [0.05, 0.1) is 5.25 Å². The standard InChI is InChI=1S/C23H28N2OS/c1-20(27-19-22-11-6-3-7-12-22)23(26)25-17-15-24(16-18-25)14-8-13-21-9-4-2-5-10-21/h2-13,20H,14-19H2,1H3/b13-8+/t20-/m1/s1. The summed E-state index contributed by atoms with van der Waals surface area (Å²) in [4.78, 5) is 17.1. The second-order valence-corrected chi connectivity index (χ2v) is 8.21. The van der Waals surface area contributed by atoms with Gasteiger partial charge < -0.3 is 4.90 Å². The van der Waals surface area contributed by atoms with Crippen LogP contribution in [0.4, 0.5) is 0 Å². The molecule has 3 nitrogen and oxygen atoms in total. The van der Waals surface area contributed by atoms with E-state index in [-0.39, 0.29) is 11.2 Å². The van der Waals surface area contributed by atoms with Crippen LogP contribution in [0.5, 0.6) is 0 Å². The van der Waals surface area contributed by atoms with E-state index in [0.29, 0.717) is 0 Å². The Bertz CT molecular complexity index is 725. The van der Waals surface area contributed by atoms with Crippen LogP contribution in [0.25, 0.3) is 6.08 Å². The zero-order valence-corrected chi connectivity index (χ0v) is 16.8. The molecule has 2 aromatic carbocycles. The predicted molar refractivity (Wildman–Crippen MR) is 116 cm³/mol. The average molecular weight is 381 g/mol. The summed E-state index contributed by atoms with van der Waals surface area (Å²) in [6.45, 7) is 6.52. The highest BCUT2D eigenvalue weighted by Crippen LogP contribution is 2.20. The molecule has 0 saturated carbocycles. The van der Waals surface area contributed by atoms with Gasteiger partial charge in [-0.2, -0.15) is 0 Å². The molecule has 1 aliphatic rings. The van der Waals surface area contributed by atoms with Crippen LogP contribution < -0.4 is 0 Å². The van der Waals surface area contributed by atoms with Crippen LogP contribution >= 0.6 is 11.8 Å². The minimum atomic E-state index is 0.00901. The number of nitrogens with zero attached hydrogens (tertiary/aromatic N) is 2. The fourth-order valence-electron chi connectivity index (χ4n) is 3.18. The van der Waals surface area contributed by atoms with E-state index in [1.165, 1.54) is 11.1 Å². The Morgan fingerprint density at radius 1 is 1.00 bits per heavy atom. The highest BCUT2D eigenvalue weighted by atomic mass is 32.2. The van der Waals surface area contributed by atoms with E-state index >= 15 is 0 Å². The third-order valence-electron chi connectivity index (χ3n) is 4.85. The van der Waals surface area contributed by atoms with Crippen LogP contribution in [0.15, 0.2) is 66.7 Å². The van der Waals surface area contributed by atoms with Crippen LogP contribution in [0.3, 0.4) is 0 Å².